The molecule has 1 saturated heterocycles. The van der Waals surface area contributed by atoms with E-state index in [0.717, 1.165) is 56.8 Å². The number of aliphatic hydroxyl groups is 1. The molecule has 4 nitrogen and oxygen atoms in total. The van der Waals surface area contributed by atoms with Crippen molar-refractivity contribution in [2.75, 3.05) is 19.7 Å². The molecule has 2 heterocycles. The van der Waals surface area contributed by atoms with E-state index >= 15 is 0 Å². The highest BCUT2D eigenvalue weighted by molar-refractivity contribution is 5.06. The summed E-state index contributed by atoms with van der Waals surface area (Å²) in [6.07, 6.45) is 6.35. The molecule has 4 heteroatoms. The van der Waals surface area contributed by atoms with E-state index < -0.39 is 0 Å². The maximum atomic E-state index is 9.89. The Bertz CT molecular complexity index is 477. The number of nitrogens with zero attached hydrogens (tertiary/aromatic N) is 2. The van der Waals surface area contributed by atoms with Crippen LogP contribution in [0.2, 0.25) is 0 Å². The van der Waals surface area contributed by atoms with Gasteiger partial charge in [0.2, 0.25) is 0 Å². The highest BCUT2D eigenvalue weighted by Crippen LogP contribution is 2.34. The Labute approximate surface area is 127 Å². The molecule has 0 amide bonds. The number of aryl methyl sites for hydroxylation is 1. The zero-order chi connectivity index (χ0) is 15.3. The lowest BCUT2D eigenvalue weighted by Crippen LogP contribution is -2.44. The van der Waals surface area contributed by atoms with Crippen LogP contribution in [0.4, 0.5) is 0 Å². The van der Waals surface area contributed by atoms with E-state index in [4.69, 9.17) is 4.52 Å². The molecule has 1 aromatic rings. The monoisotopic (exact) mass is 292 g/mol. The number of aromatic nitrogens is 1. The molecule has 1 aliphatic rings. The van der Waals surface area contributed by atoms with Crippen molar-refractivity contribution in [3.8, 4) is 0 Å². The molecule has 1 atom stereocenters. The van der Waals surface area contributed by atoms with Crippen molar-refractivity contribution in [1.29, 1.82) is 0 Å². The van der Waals surface area contributed by atoms with Gasteiger partial charge in [-0.2, -0.15) is 0 Å². The first kappa shape index (κ1) is 16.2. The third-order valence-electron chi connectivity index (χ3n) is 4.37. The molecule has 1 aliphatic heterocycles. The summed E-state index contributed by atoms with van der Waals surface area (Å²) in [6, 6.07) is 2.05. The summed E-state index contributed by atoms with van der Waals surface area (Å²) in [6.45, 7) is 9.36. The van der Waals surface area contributed by atoms with E-state index in [2.05, 4.69) is 36.9 Å². The molecule has 0 spiro atoms. The second kappa shape index (κ2) is 7.23. The molecule has 0 bridgehead atoms. The molecule has 1 unspecified atom stereocenters. The third-order valence-corrected chi connectivity index (χ3v) is 4.37. The van der Waals surface area contributed by atoms with Gasteiger partial charge in [0, 0.05) is 18.0 Å². The predicted molar refractivity (Wildman–Crippen MR) is 84.0 cm³/mol. The van der Waals surface area contributed by atoms with Crippen molar-refractivity contribution in [2.45, 2.75) is 53.0 Å². The third kappa shape index (κ3) is 4.42. The molecule has 1 N–H and O–H groups in total. The van der Waals surface area contributed by atoms with Crippen LogP contribution in [-0.4, -0.2) is 34.9 Å². The summed E-state index contributed by atoms with van der Waals surface area (Å²) in [5, 5.41) is 13.9. The molecular formula is C17H28N2O2. The van der Waals surface area contributed by atoms with Crippen molar-refractivity contribution >= 4 is 0 Å². The normalized spacial score (nSPS) is 23.2. The zero-order valence-electron chi connectivity index (χ0n) is 13.6. The van der Waals surface area contributed by atoms with Crippen molar-refractivity contribution in [3.05, 3.63) is 29.2 Å². The van der Waals surface area contributed by atoms with E-state index in [1.54, 1.807) is 0 Å². The number of aliphatic hydroxyl groups excluding tert-OH is 1. The van der Waals surface area contributed by atoms with Gasteiger partial charge in [0.25, 0.3) is 0 Å². The first-order valence-corrected chi connectivity index (χ1v) is 7.98. The van der Waals surface area contributed by atoms with Gasteiger partial charge in [-0.05, 0) is 46.1 Å². The average molecular weight is 292 g/mol. The molecular weight excluding hydrogens is 264 g/mol. The number of rotatable bonds is 6. The Kier molecular flexibility index (Phi) is 5.59. The second-order valence-corrected chi connectivity index (χ2v) is 6.60. The fourth-order valence-electron chi connectivity index (χ4n) is 3.04. The number of piperidine rings is 1. The predicted octanol–water partition coefficient (Wildman–Crippen LogP) is 3.17. The van der Waals surface area contributed by atoms with Crippen molar-refractivity contribution in [2.24, 2.45) is 5.41 Å². The van der Waals surface area contributed by atoms with Crippen molar-refractivity contribution < 1.29 is 9.63 Å². The van der Waals surface area contributed by atoms with E-state index in [9.17, 15) is 5.11 Å². The summed E-state index contributed by atoms with van der Waals surface area (Å²) in [5.41, 5.74) is 2.34. The highest BCUT2D eigenvalue weighted by Gasteiger charge is 2.34. The minimum Gasteiger partial charge on any atom is -0.396 e. The Morgan fingerprint density at radius 3 is 2.95 bits per heavy atom. The van der Waals surface area contributed by atoms with Crippen LogP contribution in [0.15, 0.2) is 22.2 Å². The Morgan fingerprint density at radius 1 is 1.52 bits per heavy atom. The molecule has 0 radical (unpaired) electrons. The Balaban J connectivity index is 1.99. The van der Waals surface area contributed by atoms with Gasteiger partial charge in [-0.1, -0.05) is 23.7 Å². The van der Waals surface area contributed by atoms with Crippen molar-refractivity contribution in [3.63, 3.8) is 0 Å². The Morgan fingerprint density at radius 2 is 2.33 bits per heavy atom. The van der Waals surface area contributed by atoms with Gasteiger partial charge in [-0.15, -0.1) is 0 Å². The number of hydrogen-bond donors (Lipinski definition) is 1. The minimum absolute atomic E-state index is 0.00310. The second-order valence-electron chi connectivity index (χ2n) is 6.60. The van der Waals surface area contributed by atoms with Crippen molar-refractivity contribution in [1.82, 2.24) is 10.1 Å². The minimum atomic E-state index is 0.00310. The topological polar surface area (TPSA) is 49.5 Å². The summed E-state index contributed by atoms with van der Waals surface area (Å²) >= 11 is 0. The highest BCUT2D eigenvalue weighted by atomic mass is 16.5. The van der Waals surface area contributed by atoms with E-state index in [1.807, 2.05) is 6.07 Å². The van der Waals surface area contributed by atoms with Crippen LogP contribution in [0.25, 0.3) is 0 Å². The van der Waals surface area contributed by atoms with Gasteiger partial charge in [0.1, 0.15) is 0 Å². The van der Waals surface area contributed by atoms with Gasteiger partial charge >= 0.3 is 0 Å². The maximum Gasteiger partial charge on any atom is 0.150 e. The maximum absolute atomic E-state index is 9.89. The standard InChI is InChI=1S/C17H28N2O2/c1-4-15-10-16(21-18-15)11-19-9-5-7-17(12-19,13-20)8-6-14(2)3/h6,10,20H,4-5,7-9,11-13H2,1-3H3. The first-order valence-electron chi connectivity index (χ1n) is 7.98. The quantitative estimate of drug-likeness (QED) is 0.818. The molecule has 21 heavy (non-hydrogen) atoms. The largest absolute Gasteiger partial charge is 0.396 e. The summed E-state index contributed by atoms with van der Waals surface area (Å²) < 4.78 is 5.39. The fourth-order valence-corrected chi connectivity index (χ4v) is 3.04. The molecule has 118 valence electrons. The van der Waals surface area contributed by atoms with E-state index in [-0.39, 0.29) is 12.0 Å². The van der Waals surface area contributed by atoms with Crippen LogP contribution in [0.1, 0.15) is 51.5 Å². The number of likely N-dealkylation sites (tertiary alicyclic amines) is 1. The number of hydrogen-bond acceptors (Lipinski definition) is 4. The van der Waals surface area contributed by atoms with Gasteiger partial charge in [-0.3, -0.25) is 4.90 Å². The van der Waals surface area contributed by atoms with Crippen LogP contribution < -0.4 is 0 Å². The van der Waals surface area contributed by atoms with Crippen LogP contribution >= 0.6 is 0 Å². The molecule has 1 fully saturated rings. The fraction of sp³-hybridized carbons (Fsp3) is 0.706. The van der Waals surface area contributed by atoms with Gasteiger partial charge in [-0.25, -0.2) is 0 Å². The lowest BCUT2D eigenvalue weighted by molar-refractivity contribution is 0.0272. The van der Waals surface area contributed by atoms with Gasteiger partial charge < -0.3 is 9.63 Å². The molecule has 0 aromatic carbocycles. The Hall–Kier alpha value is -1.13. The van der Waals surface area contributed by atoms with Crippen LogP contribution in [0.3, 0.4) is 0 Å². The lowest BCUT2D eigenvalue weighted by Gasteiger charge is -2.41. The zero-order valence-corrected chi connectivity index (χ0v) is 13.6. The summed E-state index contributed by atoms with van der Waals surface area (Å²) in [4.78, 5) is 2.39. The number of allylic oxidation sites excluding steroid dienone is 2. The lowest BCUT2D eigenvalue weighted by atomic mass is 9.77. The van der Waals surface area contributed by atoms with E-state index in [0.29, 0.717) is 0 Å². The SMILES string of the molecule is CCc1cc(CN2CCCC(CO)(CC=C(C)C)C2)on1. The molecule has 1 aromatic heterocycles. The van der Waals surface area contributed by atoms with Gasteiger partial charge in [0.05, 0.1) is 18.8 Å². The van der Waals surface area contributed by atoms with Gasteiger partial charge in [0.15, 0.2) is 5.76 Å². The smallest absolute Gasteiger partial charge is 0.150 e. The first-order chi connectivity index (χ1) is 10.1. The van der Waals surface area contributed by atoms with Crippen LogP contribution in [-0.2, 0) is 13.0 Å². The van der Waals surface area contributed by atoms with E-state index in [1.165, 1.54) is 5.57 Å². The van der Waals surface area contributed by atoms with Crippen LogP contribution in [0, 0.1) is 5.41 Å². The molecule has 0 saturated carbocycles. The summed E-state index contributed by atoms with van der Waals surface area (Å²) in [5.74, 6) is 0.933. The molecule has 0 aliphatic carbocycles. The average Bonchev–Trinajstić information content (AvgIpc) is 2.93. The van der Waals surface area contributed by atoms with Crippen LogP contribution in [0.5, 0.6) is 0 Å². The molecule has 2 rings (SSSR count). The summed E-state index contributed by atoms with van der Waals surface area (Å²) in [7, 11) is 0.